The molecule has 1 N–H and O–H groups in total. The van der Waals surface area contributed by atoms with Crippen molar-refractivity contribution in [2.75, 3.05) is 23.0 Å². The molecular formula is C22H20Cl2N2O4S. The molecule has 1 amide bonds. The van der Waals surface area contributed by atoms with E-state index in [1.54, 1.807) is 66.7 Å². The van der Waals surface area contributed by atoms with Crippen molar-refractivity contribution in [3.63, 3.8) is 0 Å². The molecule has 0 saturated heterocycles. The van der Waals surface area contributed by atoms with E-state index in [0.717, 1.165) is 11.8 Å². The number of halogens is 2. The molecule has 6 nitrogen and oxygen atoms in total. The van der Waals surface area contributed by atoms with Crippen LogP contribution in [0.2, 0.25) is 10.0 Å². The molecule has 0 radical (unpaired) electrons. The third-order valence-electron chi connectivity index (χ3n) is 4.45. The molecular weight excluding hydrogens is 459 g/mol. The van der Waals surface area contributed by atoms with Gasteiger partial charge < -0.3 is 10.1 Å². The van der Waals surface area contributed by atoms with Gasteiger partial charge in [-0.2, -0.15) is 0 Å². The van der Waals surface area contributed by atoms with Crippen LogP contribution >= 0.6 is 23.2 Å². The van der Waals surface area contributed by atoms with Crippen LogP contribution in [-0.4, -0.2) is 27.7 Å². The van der Waals surface area contributed by atoms with E-state index in [4.69, 9.17) is 27.9 Å². The summed E-state index contributed by atoms with van der Waals surface area (Å²) in [5, 5.41) is 3.60. The minimum absolute atomic E-state index is 0.106. The fraction of sp³-hybridized carbons (Fsp3) is 0.136. The highest BCUT2D eigenvalue weighted by Crippen LogP contribution is 2.28. The molecule has 9 heteroatoms. The SMILES string of the molecule is COc1ccc(NC(=O)c2ccc(CN(c3cccc(Cl)c3)S(C)(=O)=O)cc2)cc1Cl. The zero-order valence-corrected chi connectivity index (χ0v) is 19.1. The summed E-state index contributed by atoms with van der Waals surface area (Å²) in [7, 11) is -2.03. The van der Waals surface area contributed by atoms with Gasteiger partial charge in [-0.15, -0.1) is 0 Å². The van der Waals surface area contributed by atoms with Gasteiger partial charge in [-0.1, -0.05) is 41.4 Å². The zero-order valence-electron chi connectivity index (χ0n) is 16.8. The molecule has 3 aromatic carbocycles. The van der Waals surface area contributed by atoms with Crippen LogP contribution in [0.3, 0.4) is 0 Å². The number of amides is 1. The lowest BCUT2D eigenvalue weighted by atomic mass is 10.1. The monoisotopic (exact) mass is 478 g/mol. The zero-order chi connectivity index (χ0) is 22.6. The molecule has 162 valence electrons. The van der Waals surface area contributed by atoms with Crippen LogP contribution in [0.1, 0.15) is 15.9 Å². The lowest BCUT2D eigenvalue weighted by molar-refractivity contribution is 0.102. The van der Waals surface area contributed by atoms with Gasteiger partial charge in [0.15, 0.2) is 0 Å². The number of nitrogens with zero attached hydrogens (tertiary/aromatic N) is 1. The Hall–Kier alpha value is -2.74. The Kier molecular flexibility index (Phi) is 7.10. The van der Waals surface area contributed by atoms with Gasteiger partial charge in [-0.05, 0) is 54.1 Å². The summed E-state index contributed by atoms with van der Waals surface area (Å²) in [5.41, 5.74) is 2.14. The Morgan fingerprint density at radius 1 is 1.03 bits per heavy atom. The molecule has 0 heterocycles. The number of benzene rings is 3. The predicted molar refractivity (Wildman–Crippen MR) is 125 cm³/mol. The highest BCUT2D eigenvalue weighted by Gasteiger charge is 2.18. The summed E-state index contributed by atoms with van der Waals surface area (Å²) in [4.78, 5) is 12.5. The van der Waals surface area contributed by atoms with E-state index < -0.39 is 10.0 Å². The first kappa shape index (κ1) is 22.9. The Labute approximate surface area is 191 Å². The quantitative estimate of drug-likeness (QED) is 0.504. The smallest absolute Gasteiger partial charge is 0.255 e. The Morgan fingerprint density at radius 3 is 2.32 bits per heavy atom. The van der Waals surface area contributed by atoms with E-state index >= 15 is 0 Å². The van der Waals surface area contributed by atoms with Crippen molar-refractivity contribution >= 4 is 50.5 Å². The van der Waals surface area contributed by atoms with Crippen molar-refractivity contribution in [3.05, 3.63) is 87.9 Å². The maximum atomic E-state index is 12.5. The lowest BCUT2D eigenvalue weighted by Gasteiger charge is -2.22. The summed E-state index contributed by atoms with van der Waals surface area (Å²) in [5.74, 6) is 0.196. The van der Waals surface area contributed by atoms with E-state index in [-0.39, 0.29) is 12.5 Å². The second kappa shape index (κ2) is 9.60. The predicted octanol–water partition coefficient (Wildman–Crippen LogP) is 5.22. The summed E-state index contributed by atoms with van der Waals surface area (Å²) in [6.07, 6.45) is 1.13. The molecule has 0 bridgehead atoms. The minimum atomic E-state index is -3.54. The number of carbonyl (C=O) groups is 1. The fourth-order valence-electron chi connectivity index (χ4n) is 2.91. The largest absolute Gasteiger partial charge is 0.495 e. The maximum Gasteiger partial charge on any atom is 0.255 e. The first-order valence-electron chi connectivity index (χ1n) is 9.14. The molecule has 0 aliphatic heterocycles. The van der Waals surface area contributed by atoms with Crippen LogP contribution in [0, 0.1) is 0 Å². The Morgan fingerprint density at radius 2 is 1.74 bits per heavy atom. The molecule has 0 atom stereocenters. The van der Waals surface area contributed by atoms with E-state index in [0.29, 0.717) is 32.7 Å². The number of hydrogen-bond acceptors (Lipinski definition) is 4. The average Bonchev–Trinajstić information content (AvgIpc) is 2.71. The summed E-state index contributed by atoms with van der Waals surface area (Å²) in [6, 6.07) is 18.3. The standard InChI is InChI=1S/C22H20Cl2N2O4S/c1-30-21-11-10-18(13-20(21)24)25-22(27)16-8-6-15(7-9-16)14-26(31(2,28)29)19-5-3-4-17(23)12-19/h3-13H,14H2,1-2H3,(H,25,27). The topological polar surface area (TPSA) is 75.7 Å². The normalized spacial score (nSPS) is 11.1. The second-order valence-electron chi connectivity index (χ2n) is 6.75. The van der Waals surface area contributed by atoms with Crippen molar-refractivity contribution in [2.24, 2.45) is 0 Å². The van der Waals surface area contributed by atoms with E-state index in [9.17, 15) is 13.2 Å². The molecule has 0 saturated carbocycles. The van der Waals surface area contributed by atoms with Crippen molar-refractivity contribution in [1.82, 2.24) is 0 Å². The minimum Gasteiger partial charge on any atom is -0.495 e. The molecule has 31 heavy (non-hydrogen) atoms. The van der Waals surface area contributed by atoms with Crippen molar-refractivity contribution in [3.8, 4) is 5.75 Å². The number of ether oxygens (including phenoxy) is 1. The number of carbonyl (C=O) groups excluding carboxylic acids is 1. The molecule has 0 unspecified atom stereocenters. The third-order valence-corrected chi connectivity index (χ3v) is 6.12. The van der Waals surface area contributed by atoms with Gasteiger partial charge in [0.05, 0.1) is 30.6 Å². The number of nitrogens with one attached hydrogen (secondary N) is 1. The van der Waals surface area contributed by atoms with Crippen molar-refractivity contribution in [1.29, 1.82) is 0 Å². The average molecular weight is 479 g/mol. The van der Waals surface area contributed by atoms with E-state index in [1.807, 2.05) is 0 Å². The van der Waals surface area contributed by atoms with Crippen LogP contribution in [-0.2, 0) is 16.6 Å². The second-order valence-corrected chi connectivity index (χ2v) is 9.50. The van der Waals surface area contributed by atoms with Gasteiger partial charge >= 0.3 is 0 Å². The highest BCUT2D eigenvalue weighted by molar-refractivity contribution is 7.92. The van der Waals surface area contributed by atoms with Gasteiger partial charge in [-0.3, -0.25) is 9.10 Å². The Bertz CT molecular complexity index is 1200. The van der Waals surface area contributed by atoms with Crippen LogP contribution in [0.5, 0.6) is 5.75 Å². The van der Waals surface area contributed by atoms with Gasteiger partial charge in [0.1, 0.15) is 5.75 Å². The molecule has 0 spiro atoms. The van der Waals surface area contributed by atoms with Crippen LogP contribution in [0.4, 0.5) is 11.4 Å². The summed E-state index contributed by atoms with van der Waals surface area (Å²) in [6.45, 7) is 0.106. The van der Waals surface area contributed by atoms with E-state index in [1.165, 1.54) is 11.4 Å². The molecule has 0 aliphatic carbocycles. The number of rotatable bonds is 7. The first-order valence-corrected chi connectivity index (χ1v) is 11.7. The van der Waals surface area contributed by atoms with Crippen molar-refractivity contribution in [2.45, 2.75) is 6.54 Å². The Balaban J connectivity index is 1.75. The van der Waals surface area contributed by atoms with E-state index in [2.05, 4.69) is 5.32 Å². The summed E-state index contributed by atoms with van der Waals surface area (Å²) >= 11 is 12.1. The van der Waals surface area contributed by atoms with Gasteiger partial charge in [0.25, 0.3) is 5.91 Å². The number of anilines is 2. The molecule has 3 rings (SSSR count). The van der Waals surface area contributed by atoms with Crippen LogP contribution in [0.15, 0.2) is 66.7 Å². The molecule has 3 aromatic rings. The fourth-order valence-corrected chi connectivity index (χ4v) is 4.23. The third kappa shape index (κ3) is 5.91. The number of hydrogen-bond donors (Lipinski definition) is 1. The van der Waals surface area contributed by atoms with Crippen molar-refractivity contribution < 1.29 is 17.9 Å². The summed E-state index contributed by atoms with van der Waals surface area (Å²) < 4.78 is 31.0. The molecule has 0 aromatic heterocycles. The van der Waals surface area contributed by atoms with Crippen LogP contribution < -0.4 is 14.4 Å². The maximum absolute atomic E-state index is 12.5. The van der Waals surface area contributed by atoms with Gasteiger partial charge in [-0.25, -0.2) is 8.42 Å². The highest BCUT2D eigenvalue weighted by atomic mass is 35.5. The van der Waals surface area contributed by atoms with Gasteiger partial charge in [0, 0.05) is 16.3 Å². The molecule has 0 aliphatic rings. The van der Waals surface area contributed by atoms with Gasteiger partial charge in [0.2, 0.25) is 10.0 Å². The number of sulfonamides is 1. The first-order chi connectivity index (χ1) is 14.7. The lowest BCUT2D eigenvalue weighted by Crippen LogP contribution is -2.29. The van der Waals surface area contributed by atoms with Crippen LogP contribution in [0.25, 0.3) is 0 Å². The number of methoxy groups -OCH3 is 1. The molecule has 0 fully saturated rings.